The van der Waals surface area contributed by atoms with Crippen LogP contribution in [0.15, 0.2) is 54.6 Å². The van der Waals surface area contributed by atoms with Crippen molar-refractivity contribution in [2.45, 2.75) is 20.8 Å². The van der Waals surface area contributed by atoms with Crippen molar-refractivity contribution in [1.82, 2.24) is 0 Å². The molecule has 0 bridgehead atoms. The molecular formula is C24H15AsO5S2. The van der Waals surface area contributed by atoms with Gasteiger partial charge in [0, 0.05) is 0 Å². The Morgan fingerprint density at radius 3 is 2.19 bits per heavy atom. The standard InChI is InChI=1S/C24H15AsO5S2/c26-12-4-6-14-18(10-12)29-19-11-13(27)5-7-15(19)23(14)16-2-1-3-17(21(16)22(28)30-23)24-20(31)8-9-25(24)32-24/h1-7,10-11,26-27H,8-9H2. The van der Waals surface area contributed by atoms with E-state index in [1.165, 1.54) is 17.3 Å². The maximum absolute atomic E-state index is 13.5. The zero-order chi connectivity index (χ0) is 21.8. The van der Waals surface area contributed by atoms with Crippen molar-refractivity contribution in [2.75, 3.05) is 0 Å². The van der Waals surface area contributed by atoms with Crippen molar-refractivity contribution in [1.29, 1.82) is 0 Å². The van der Waals surface area contributed by atoms with Crippen molar-refractivity contribution in [2.24, 2.45) is 0 Å². The molecule has 2 N–H and O–H groups in total. The summed E-state index contributed by atoms with van der Waals surface area (Å²) in [5, 5.41) is 21.3. The zero-order valence-electron chi connectivity index (χ0n) is 16.5. The van der Waals surface area contributed by atoms with Crippen LogP contribution in [0.2, 0.25) is 5.21 Å². The van der Waals surface area contributed by atoms with Gasteiger partial charge in [0.15, 0.2) is 0 Å². The van der Waals surface area contributed by atoms with E-state index in [4.69, 9.17) is 21.7 Å². The minimum absolute atomic E-state index is 0.0412. The van der Waals surface area contributed by atoms with E-state index in [-0.39, 0.29) is 21.0 Å². The molecule has 2 fully saturated rings. The van der Waals surface area contributed by atoms with Crippen molar-refractivity contribution in [3.63, 3.8) is 0 Å². The molecule has 7 rings (SSSR count). The van der Waals surface area contributed by atoms with Crippen LogP contribution in [0.1, 0.15) is 39.0 Å². The number of fused-ring (bicyclic) bond motifs is 7. The summed E-state index contributed by atoms with van der Waals surface area (Å²) in [6, 6.07) is 15.6. The van der Waals surface area contributed by atoms with Gasteiger partial charge in [0.1, 0.15) is 0 Å². The second kappa shape index (κ2) is 6.10. The number of benzene rings is 3. The number of phenols is 2. The first-order valence-corrected chi connectivity index (χ1v) is 15.9. The second-order valence-corrected chi connectivity index (χ2v) is 17.6. The van der Waals surface area contributed by atoms with E-state index in [2.05, 4.69) is 0 Å². The van der Waals surface area contributed by atoms with Gasteiger partial charge in [-0.2, -0.15) is 0 Å². The first kappa shape index (κ1) is 19.0. The number of hydrogen-bond acceptors (Lipinski definition) is 7. The fraction of sp³-hybridized carbons (Fsp3) is 0.167. The van der Waals surface area contributed by atoms with Crippen LogP contribution in [0, 0.1) is 0 Å². The SMILES string of the molecule is O=C1OC2(c3ccc(O)cc3Oc3cc(O)ccc32)c2cccc(C34S[As]3CCC4=S)c21. The van der Waals surface area contributed by atoms with E-state index in [0.717, 1.165) is 22.4 Å². The summed E-state index contributed by atoms with van der Waals surface area (Å²) in [5.41, 5.74) is 2.41. The number of carbonyl (C=O) groups is 1. The Morgan fingerprint density at radius 2 is 1.59 bits per heavy atom. The Hall–Kier alpha value is -2.47. The fourth-order valence-corrected chi connectivity index (χ4v) is 18.9. The Balaban J connectivity index is 1.55. The molecule has 2 saturated heterocycles. The quantitative estimate of drug-likeness (QED) is 0.204. The van der Waals surface area contributed by atoms with E-state index >= 15 is 0 Å². The van der Waals surface area contributed by atoms with E-state index in [9.17, 15) is 15.0 Å². The molecule has 0 saturated carbocycles. The molecule has 4 heterocycles. The van der Waals surface area contributed by atoms with Gasteiger partial charge >= 0.3 is 197 Å². The van der Waals surface area contributed by atoms with E-state index in [0.29, 0.717) is 28.2 Å². The van der Waals surface area contributed by atoms with E-state index in [1.54, 1.807) is 24.3 Å². The predicted molar refractivity (Wildman–Crippen MR) is 125 cm³/mol. The first-order chi connectivity index (χ1) is 15.4. The number of rotatable bonds is 1. The molecule has 2 atom stereocenters. The number of esters is 1. The first-order valence-electron chi connectivity index (χ1n) is 10.2. The Kier molecular flexibility index (Phi) is 3.63. The Bertz CT molecular complexity index is 1350. The summed E-state index contributed by atoms with van der Waals surface area (Å²) >= 11 is 4.61. The van der Waals surface area contributed by atoms with Gasteiger partial charge in [-0.25, -0.2) is 0 Å². The van der Waals surface area contributed by atoms with Crippen molar-refractivity contribution < 1.29 is 24.5 Å². The molecule has 0 amide bonds. The molecule has 0 aromatic heterocycles. The molecule has 2 unspecified atom stereocenters. The third-order valence-corrected chi connectivity index (χ3v) is 18.0. The van der Waals surface area contributed by atoms with Gasteiger partial charge in [0.05, 0.1) is 0 Å². The van der Waals surface area contributed by atoms with Gasteiger partial charge < -0.3 is 0 Å². The van der Waals surface area contributed by atoms with Gasteiger partial charge in [0.2, 0.25) is 0 Å². The van der Waals surface area contributed by atoms with Crippen LogP contribution >= 0.6 is 22.2 Å². The molecule has 3 aromatic rings. The third kappa shape index (κ3) is 2.17. The number of carbonyl (C=O) groups excluding carboxylic acids is 1. The minimum atomic E-state index is -1.22. The molecule has 5 nitrogen and oxygen atoms in total. The van der Waals surface area contributed by atoms with Crippen LogP contribution < -0.4 is 4.74 Å². The van der Waals surface area contributed by atoms with E-state index in [1.807, 2.05) is 28.2 Å². The Morgan fingerprint density at radius 1 is 0.938 bits per heavy atom. The van der Waals surface area contributed by atoms with Gasteiger partial charge in [-0.15, -0.1) is 0 Å². The fourth-order valence-electron chi connectivity index (χ4n) is 5.27. The molecule has 4 aliphatic heterocycles. The van der Waals surface area contributed by atoms with Gasteiger partial charge in [-0.05, 0) is 0 Å². The number of aromatic hydroxyl groups is 2. The average molecular weight is 522 g/mol. The van der Waals surface area contributed by atoms with Gasteiger partial charge in [-0.3, -0.25) is 0 Å². The van der Waals surface area contributed by atoms with Crippen LogP contribution in [0.4, 0.5) is 0 Å². The van der Waals surface area contributed by atoms with Crippen molar-refractivity contribution >= 4 is 46.6 Å². The van der Waals surface area contributed by atoms with Gasteiger partial charge in [0.25, 0.3) is 0 Å². The number of phenolic OH excluding ortho intramolecular Hbond substituents is 2. The van der Waals surface area contributed by atoms with Crippen molar-refractivity contribution in [3.8, 4) is 23.0 Å². The average Bonchev–Trinajstić information content (AvgIpc) is 3.33. The maximum atomic E-state index is 13.5. The summed E-state index contributed by atoms with van der Waals surface area (Å²) in [5.74, 6) is 0.481. The number of ether oxygens (including phenoxy) is 2. The summed E-state index contributed by atoms with van der Waals surface area (Å²) in [6.07, 6.45) is 0.963. The van der Waals surface area contributed by atoms with Crippen LogP contribution in [-0.4, -0.2) is 34.5 Å². The number of thiocarbonyl (C=S) groups is 1. The molecule has 0 radical (unpaired) electrons. The normalized spacial score (nSPS) is 25.4. The van der Waals surface area contributed by atoms with Crippen LogP contribution in [0.25, 0.3) is 0 Å². The molecule has 3 aromatic carbocycles. The van der Waals surface area contributed by atoms with Gasteiger partial charge in [-0.1, -0.05) is 0 Å². The van der Waals surface area contributed by atoms with E-state index < -0.39 is 19.1 Å². The van der Waals surface area contributed by atoms with Crippen LogP contribution in [0.3, 0.4) is 0 Å². The molecule has 0 aliphatic carbocycles. The molecule has 158 valence electrons. The molecule has 1 spiro atoms. The molecule has 4 aliphatic rings. The summed E-state index contributed by atoms with van der Waals surface area (Å²) < 4.78 is 12.2. The second-order valence-electron chi connectivity index (χ2n) is 8.27. The summed E-state index contributed by atoms with van der Waals surface area (Å²) in [4.78, 5) is 14.6. The Labute approximate surface area is 196 Å². The topological polar surface area (TPSA) is 76.0 Å². The molecular weight excluding hydrogens is 507 g/mol. The van der Waals surface area contributed by atoms with Crippen LogP contribution in [0.5, 0.6) is 23.0 Å². The van der Waals surface area contributed by atoms with Crippen molar-refractivity contribution in [3.05, 3.63) is 82.4 Å². The predicted octanol–water partition coefficient (Wildman–Crippen LogP) is 4.91. The summed E-state index contributed by atoms with van der Waals surface area (Å²) in [6.45, 7) is 0. The van der Waals surface area contributed by atoms with Crippen LogP contribution in [-0.2, 0) is 13.9 Å². The summed E-state index contributed by atoms with van der Waals surface area (Å²) in [7, 11) is 1.97. The monoisotopic (exact) mass is 522 g/mol. The zero-order valence-corrected chi connectivity index (χ0v) is 20.0. The number of hydrogen-bond donors (Lipinski definition) is 2. The third-order valence-electron chi connectivity index (χ3n) is 6.65. The molecule has 32 heavy (non-hydrogen) atoms. The molecule has 8 heteroatoms.